The van der Waals surface area contributed by atoms with Crippen molar-refractivity contribution in [1.82, 2.24) is 4.98 Å². The van der Waals surface area contributed by atoms with Gasteiger partial charge in [0, 0.05) is 38.7 Å². The van der Waals surface area contributed by atoms with Crippen molar-refractivity contribution in [1.29, 1.82) is 0 Å². The zero-order valence-corrected chi connectivity index (χ0v) is 17.1. The van der Waals surface area contributed by atoms with Crippen LogP contribution >= 0.6 is 11.3 Å². The van der Waals surface area contributed by atoms with E-state index in [0.29, 0.717) is 0 Å². The molecule has 4 heteroatoms. The summed E-state index contributed by atoms with van der Waals surface area (Å²) in [6.45, 7) is 0. The zero-order chi connectivity index (χ0) is 20.4. The van der Waals surface area contributed by atoms with E-state index in [0.717, 1.165) is 49.6 Å². The molecule has 0 aliphatic heterocycles. The fourth-order valence-corrected chi connectivity index (χ4v) is 5.27. The van der Waals surface area contributed by atoms with Gasteiger partial charge < -0.3 is 8.83 Å². The molecule has 0 aliphatic carbocycles. The maximum Gasteiger partial charge on any atom is 0.139 e. The topological polar surface area (TPSA) is 39.2 Å². The average Bonchev–Trinajstić information content (AvgIpc) is 3.53. The molecule has 0 N–H and O–H groups in total. The minimum absolute atomic E-state index is 0.846. The molecule has 4 heterocycles. The summed E-state index contributed by atoms with van der Waals surface area (Å²) in [5.74, 6) is 0. The Kier molecular flexibility index (Phi) is 3.43. The second kappa shape index (κ2) is 6.30. The minimum atomic E-state index is 0.846. The monoisotopic (exact) mass is 417 g/mol. The standard InChI is InChI=1S/C27H15NO2S/c1-2-7-22-17(5-1)19-14-20-18-13-16(8-9-23(18)30-25(20)15-24(19)29-22)26-10-11-27(31-26)21-6-3-4-12-28-21/h1-15H. The molecule has 0 aliphatic rings. The van der Waals surface area contributed by atoms with Crippen LogP contribution in [-0.2, 0) is 0 Å². The molecule has 0 saturated heterocycles. The second-order valence-corrected chi connectivity index (χ2v) is 8.72. The Morgan fingerprint density at radius 2 is 1.29 bits per heavy atom. The van der Waals surface area contributed by atoms with Crippen molar-refractivity contribution in [3.05, 3.63) is 91.1 Å². The number of furan rings is 2. The Morgan fingerprint density at radius 3 is 2.16 bits per heavy atom. The van der Waals surface area contributed by atoms with Gasteiger partial charge in [0.15, 0.2) is 0 Å². The molecule has 0 saturated carbocycles. The van der Waals surface area contributed by atoms with Crippen LogP contribution in [0.5, 0.6) is 0 Å². The van der Waals surface area contributed by atoms with Crippen molar-refractivity contribution < 1.29 is 8.83 Å². The van der Waals surface area contributed by atoms with Crippen LogP contribution in [0.1, 0.15) is 0 Å². The van der Waals surface area contributed by atoms with Gasteiger partial charge >= 0.3 is 0 Å². The van der Waals surface area contributed by atoms with E-state index in [4.69, 9.17) is 8.83 Å². The number of rotatable bonds is 2. The molecule has 0 radical (unpaired) electrons. The molecule has 0 unspecified atom stereocenters. The number of para-hydroxylation sites is 1. The van der Waals surface area contributed by atoms with Gasteiger partial charge in [0.05, 0.1) is 10.6 Å². The first-order chi connectivity index (χ1) is 15.3. The van der Waals surface area contributed by atoms with Crippen molar-refractivity contribution in [3.63, 3.8) is 0 Å². The van der Waals surface area contributed by atoms with E-state index >= 15 is 0 Å². The van der Waals surface area contributed by atoms with E-state index in [9.17, 15) is 0 Å². The summed E-state index contributed by atoms with van der Waals surface area (Å²) >= 11 is 1.75. The Hall–Kier alpha value is -3.89. The maximum absolute atomic E-state index is 6.16. The fraction of sp³-hybridized carbons (Fsp3) is 0. The molecule has 3 nitrogen and oxygen atoms in total. The van der Waals surface area contributed by atoms with E-state index < -0.39 is 0 Å². The highest BCUT2D eigenvalue weighted by atomic mass is 32.1. The van der Waals surface area contributed by atoms with Gasteiger partial charge in [-0.3, -0.25) is 4.98 Å². The molecule has 31 heavy (non-hydrogen) atoms. The molecule has 7 rings (SSSR count). The van der Waals surface area contributed by atoms with E-state index in [2.05, 4.69) is 47.4 Å². The minimum Gasteiger partial charge on any atom is -0.456 e. The molecule has 0 bridgehead atoms. The van der Waals surface area contributed by atoms with Gasteiger partial charge in [0.25, 0.3) is 0 Å². The van der Waals surface area contributed by atoms with E-state index in [1.54, 1.807) is 11.3 Å². The van der Waals surface area contributed by atoms with Gasteiger partial charge in [-0.25, -0.2) is 0 Å². The lowest BCUT2D eigenvalue weighted by Crippen LogP contribution is -1.75. The van der Waals surface area contributed by atoms with Gasteiger partial charge in [-0.2, -0.15) is 0 Å². The molecule has 0 amide bonds. The summed E-state index contributed by atoms with van der Waals surface area (Å²) in [6, 6.07) is 29.1. The average molecular weight is 417 g/mol. The normalized spacial score (nSPS) is 11.9. The highest BCUT2D eigenvalue weighted by Crippen LogP contribution is 2.39. The molecule has 0 atom stereocenters. The van der Waals surface area contributed by atoms with Gasteiger partial charge in [-0.15, -0.1) is 11.3 Å². The summed E-state index contributed by atoms with van der Waals surface area (Å²) in [7, 11) is 0. The van der Waals surface area contributed by atoms with Crippen molar-refractivity contribution >= 4 is 55.2 Å². The molecule has 0 spiro atoms. The zero-order valence-electron chi connectivity index (χ0n) is 16.3. The SMILES string of the molecule is c1ccc(-c2ccc(-c3ccc4oc5cc6oc7ccccc7c6cc5c4c3)s2)nc1. The lowest BCUT2D eigenvalue weighted by Gasteiger charge is -1.98. The number of pyridine rings is 1. The molecule has 4 aromatic heterocycles. The smallest absolute Gasteiger partial charge is 0.139 e. The summed E-state index contributed by atoms with van der Waals surface area (Å²) in [5.41, 5.74) is 5.67. The number of nitrogens with zero attached hydrogens (tertiary/aromatic N) is 1. The third-order valence-electron chi connectivity index (χ3n) is 5.78. The third-order valence-corrected chi connectivity index (χ3v) is 6.93. The number of benzene rings is 3. The molecular weight excluding hydrogens is 402 g/mol. The molecule has 3 aromatic carbocycles. The second-order valence-electron chi connectivity index (χ2n) is 7.63. The lowest BCUT2D eigenvalue weighted by atomic mass is 10.1. The van der Waals surface area contributed by atoms with Crippen LogP contribution in [0.3, 0.4) is 0 Å². The van der Waals surface area contributed by atoms with Gasteiger partial charge in [-0.05, 0) is 60.2 Å². The first-order valence-corrected chi connectivity index (χ1v) is 10.9. The highest BCUT2D eigenvalue weighted by Gasteiger charge is 2.14. The maximum atomic E-state index is 6.16. The summed E-state index contributed by atoms with van der Waals surface area (Å²) in [6.07, 6.45) is 1.83. The van der Waals surface area contributed by atoms with Crippen LogP contribution < -0.4 is 0 Å². The van der Waals surface area contributed by atoms with Gasteiger partial charge in [-0.1, -0.05) is 24.3 Å². The Labute approximate surface area is 181 Å². The third kappa shape index (κ3) is 2.55. The van der Waals surface area contributed by atoms with E-state index in [1.165, 1.54) is 15.3 Å². The number of fused-ring (bicyclic) bond motifs is 6. The number of aromatic nitrogens is 1. The first kappa shape index (κ1) is 16.9. The van der Waals surface area contributed by atoms with Crippen LogP contribution in [0.25, 0.3) is 64.9 Å². The summed E-state index contributed by atoms with van der Waals surface area (Å²) in [4.78, 5) is 6.85. The largest absolute Gasteiger partial charge is 0.456 e. The molecule has 146 valence electrons. The number of thiophene rings is 1. The number of hydrogen-bond acceptors (Lipinski definition) is 4. The van der Waals surface area contributed by atoms with Crippen LogP contribution in [0, 0.1) is 0 Å². The summed E-state index contributed by atoms with van der Waals surface area (Å²) < 4.78 is 12.2. The highest BCUT2D eigenvalue weighted by molar-refractivity contribution is 7.18. The molecular formula is C27H15NO2S. The van der Waals surface area contributed by atoms with Crippen LogP contribution in [0.2, 0.25) is 0 Å². The first-order valence-electron chi connectivity index (χ1n) is 10.1. The van der Waals surface area contributed by atoms with Crippen LogP contribution in [0.4, 0.5) is 0 Å². The predicted octanol–water partition coefficient (Wildman–Crippen LogP) is 8.28. The van der Waals surface area contributed by atoms with Gasteiger partial charge in [0.1, 0.15) is 22.3 Å². The quantitative estimate of drug-likeness (QED) is 0.284. The van der Waals surface area contributed by atoms with E-state index in [1.807, 2.05) is 48.7 Å². The fourth-order valence-electron chi connectivity index (χ4n) is 4.29. The van der Waals surface area contributed by atoms with Crippen LogP contribution in [-0.4, -0.2) is 4.98 Å². The Balaban J connectivity index is 1.42. The van der Waals surface area contributed by atoms with Crippen molar-refractivity contribution in [2.75, 3.05) is 0 Å². The Bertz CT molecular complexity index is 1740. The number of hydrogen-bond donors (Lipinski definition) is 0. The lowest BCUT2D eigenvalue weighted by molar-refractivity contribution is 0.656. The Morgan fingerprint density at radius 1 is 0.548 bits per heavy atom. The van der Waals surface area contributed by atoms with Crippen molar-refractivity contribution in [3.8, 4) is 21.0 Å². The van der Waals surface area contributed by atoms with Crippen LogP contribution in [0.15, 0.2) is 100.0 Å². The van der Waals surface area contributed by atoms with Gasteiger partial charge in [0.2, 0.25) is 0 Å². The van der Waals surface area contributed by atoms with Crippen molar-refractivity contribution in [2.45, 2.75) is 0 Å². The summed E-state index contributed by atoms with van der Waals surface area (Å²) in [5, 5.41) is 4.47. The molecule has 7 aromatic rings. The predicted molar refractivity (Wildman–Crippen MR) is 128 cm³/mol. The molecule has 0 fully saturated rings. The van der Waals surface area contributed by atoms with E-state index in [-0.39, 0.29) is 0 Å². The van der Waals surface area contributed by atoms with Crippen molar-refractivity contribution in [2.24, 2.45) is 0 Å².